The molecule has 22 heavy (non-hydrogen) atoms. The largest absolute Gasteiger partial charge is 0.385 e. The van der Waals surface area contributed by atoms with Crippen LogP contribution in [0.3, 0.4) is 0 Å². The maximum Gasteiger partial charge on any atom is 0.126 e. The highest BCUT2D eigenvalue weighted by Crippen LogP contribution is 2.35. The van der Waals surface area contributed by atoms with Crippen molar-refractivity contribution in [2.45, 2.75) is 71.5 Å². The number of quaternary nitrogens is 1. The van der Waals surface area contributed by atoms with E-state index in [0.29, 0.717) is 24.5 Å². The van der Waals surface area contributed by atoms with Crippen LogP contribution in [0.4, 0.5) is 0 Å². The summed E-state index contributed by atoms with van der Waals surface area (Å²) < 4.78 is 7.24. The number of likely N-dealkylation sites (N-methyl/N-ethyl adjacent to an activating group) is 1. The van der Waals surface area contributed by atoms with E-state index < -0.39 is 0 Å². The summed E-state index contributed by atoms with van der Waals surface area (Å²) in [4.78, 5) is 0. The first-order valence-corrected chi connectivity index (χ1v) is 9.53. The van der Waals surface area contributed by atoms with Gasteiger partial charge in [0.1, 0.15) is 12.6 Å². The van der Waals surface area contributed by atoms with E-state index in [1.807, 2.05) is 0 Å². The highest BCUT2D eigenvalue weighted by atomic mass is 16.5. The summed E-state index contributed by atoms with van der Waals surface area (Å²) in [5.41, 5.74) is 0. The molecule has 2 rings (SSSR count). The van der Waals surface area contributed by atoms with Gasteiger partial charge in [-0.25, -0.2) is 0 Å². The summed E-state index contributed by atoms with van der Waals surface area (Å²) in [6.45, 7) is 10.8. The summed E-state index contributed by atoms with van der Waals surface area (Å²) in [6, 6.07) is 0. The molecule has 0 aromatic heterocycles. The van der Waals surface area contributed by atoms with Gasteiger partial charge in [-0.15, -0.1) is 0 Å². The standard InChI is InChI=1S/C19H38NO2/c1-15(2)18-9-8-16(3)12-19(18)22-14-17(21)13-20(4)10-6-5-7-11-20/h15-19,21H,5-14H2,1-4H3/q+1/t16-,17+,18-,19+/m1/s1. The number of nitrogens with zero attached hydrogens (tertiary/aromatic N) is 1. The monoisotopic (exact) mass is 312 g/mol. The van der Waals surface area contributed by atoms with Crippen LogP contribution in [0.5, 0.6) is 0 Å². The smallest absolute Gasteiger partial charge is 0.126 e. The van der Waals surface area contributed by atoms with Crippen molar-refractivity contribution >= 4 is 0 Å². The molecule has 1 aliphatic heterocycles. The Morgan fingerprint density at radius 1 is 1.14 bits per heavy atom. The van der Waals surface area contributed by atoms with Gasteiger partial charge in [-0.3, -0.25) is 0 Å². The highest BCUT2D eigenvalue weighted by Gasteiger charge is 2.33. The Balaban J connectivity index is 1.79. The number of aliphatic hydroxyl groups is 1. The van der Waals surface area contributed by atoms with E-state index in [1.165, 1.54) is 51.6 Å². The van der Waals surface area contributed by atoms with Crippen LogP contribution in [0.2, 0.25) is 0 Å². The number of hydrogen-bond acceptors (Lipinski definition) is 2. The molecule has 0 bridgehead atoms. The van der Waals surface area contributed by atoms with Gasteiger partial charge >= 0.3 is 0 Å². The molecule has 1 N–H and O–H groups in total. The van der Waals surface area contributed by atoms with Gasteiger partial charge in [0.2, 0.25) is 0 Å². The molecule has 2 fully saturated rings. The first-order valence-electron chi connectivity index (χ1n) is 9.53. The van der Waals surface area contributed by atoms with Gasteiger partial charge in [0.25, 0.3) is 0 Å². The van der Waals surface area contributed by atoms with Gasteiger partial charge in [-0.2, -0.15) is 0 Å². The molecule has 130 valence electrons. The minimum absolute atomic E-state index is 0.312. The third-order valence-corrected chi connectivity index (χ3v) is 6.01. The molecule has 0 unspecified atom stereocenters. The van der Waals surface area contributed by atoms with Crippen LogP contribution in [0.15, 0.2) is 0 Å². The van der Waals surface area contributed by atoms with Gasteiger partial charge in [0.15, 0.2) is 0 Å². The molecule has 3 heteroatoms. The second kappa shape index (κ2) is 8.12. The summed E-state index contributed by atoms with van der Waals surface area (Å²) in [7, 11) is 2.29. The van der Waals surface area contributed by atoms with Crippen molar-refractivity contribution in [1.82, 2.24) is 0 Å². The van der Waals surface area contributed by atoms with Gasteiger partial charge < -0.3 is 14.3 Å². The second-order valence-electron chi connectivity index (χ2n) is 8.66. The Bertz CT molecular complexity index is 325. The minimum Gasteiger partial charge on any atom is -0.385 e. The van der Waals surface area contributed by atoms with Crippen molar-refractivity contribution in [2.75, 3.05) is 33.3 Å². The minimum atomic E-state index is -0.312. The number of ether oxygens (including phenoxy) is 1. The molecular weight excluding hydrogens is 274 g/mol. The average Bonchev–Trinajstić information content (AvgIpc) is 2.45. The van der Waals surface area contributed by atoms with Crippen molar-refractivity contribution in [3.63, 3.8) is 0 Å². The predicted octanol–water partition coefficient (Wildman–Crippen LogP) is 3.46. The van der Waals surface area contributed by atoms with Crippen LogP contribution in [-0.2, 0) is 4.74 Å². The number of likely N-dealkylation sites (tertiary alicyclic amines) is 1. The van der Waals surface area contributed by atoms with E-state index in [0.717, 1.165) is 16.9 Å². The molecule has 0 aromatic rings. The van der Waals surface area contributed by atoms with E-state index in [-0.39, 0.29) is 6.10 Å². The third-order valence-electron chi connectivity index (χ3n) is 6.01. The molecule has 1 saturated heterocycles. The maximum absolute atomic E-state index is 10.4. The molecule has 1 heterocycles. The number of piperidine rings is 1. The van der Waals surface area contributed by atoms with E-state index in [2.05, 4.69) is 27.8 Å². The lowest BCUT2D eigenvalue weighted by Crippen LogP contribution is -2.53. The lowest BCUT2D eigenvalue weighted by atomic mass is 9.75. The van der Waals surface area contributed by atoms with Crippen LogP contribution in [0.1, 0.15) is 59.3 Å². The van der Waals surface area contributed by atoms with Crippen molar-refractivity contribution < 1.29 is 14.3 Å². The highest BCUT2D eigenvalue weighted by molar-refractivity contribution is 4.81. The van der Waals surface area contributed by atoms with E-state index in [4.69, 9.17) is 4.74 Å². The summed E-state index contributed by atoms with van der Waals surface area (Å²) in [6.07, 6.45) is 7.79. The molecule has 1 saturated carbocycles. The van der Waals surface area contributed by atoms with Gasteiger partial charge in [0, 0.05) is 0 Å². The Morgan fingerprint density at radius 3 is 2.45 bits per heavy atom. The van der Waals surface area contributed by atoms with E-state index >= 15 is 0 Å². The van der Waals surface area contributed by atoms with Crippen LogP contribution < -0.4 is 0 Å². The average molecular weight is 313 g/mol. The lowest BCUT2D eigenvalue weighted by Gasteiger charge is -2.40. The maximum atomic E-state index is 10.4. The third kappa shape index (κ3) is 5.21. The first kappa shape index (κ1) is 18.2. The van der Waals surface area contributed by atoms with E-state index in [9.17, 15) is 5.11 Å². The molecule has 4 atom stereocenters. The Kier molecular flexibility index (Phi) is 6.73. The molecular formula is C19H38NO2+. The lowest BCUT2D eigenvalue weighted by molar-refractivity contribution is -0.916. The molecule has 0 amide bonds. The SMILES string of the molecule is CC(C)[C@H]1CC[C@@H](C)C[C@@H]1OC[C@@H](O)C[N+]1(C)CCCCC1. The van der Waals surface area contributed by atoms with Gasteiger partial charge in [-0.1, -0.05) is 27.2 Å². The van der Waals surface area contributed by atoms with Crippen LogP contribution in [0, 0.1) is 17.8 Å². The Morgan fingerprint density at radius 2 is 1.82 bits per heavy atom. The molecule has 1 aliphatic carbocycles. The van der Waals surface area contributed by atoms with Crippen molar-refractivity contribution in [3.8, 4) is 0 Å². The van der Waals surface area contributed by atoms with Gasteiger partial charge in [0.05, 0.1) is 32.8 Å². The molecule has 0 spiro atoms. The topological polar surface area (TPSA) is 29.5 Å². The van der Waals surface area contributed by atoms with Crippen LogP contribution in [0.25, 0.3) is 0 Å². The zero-order valence-electron chi connectivity index (χ0n) is 15.3. The fourth-order valence-corrected chi connectivity index (χ4v) is 4.56. The molecule has 3 nitrogen and oxygen atoms in total. The first-order chi connectivity index (χ1) is 10.4. The zero-order chi connectivity index (χ0) is 16.2. The number of aliphatic hydroxyl groups excluding tert-OH is 1. The Hall–Kier alpha value is -0.120. The fraction of sp³-hybridized carbons (Fsp3) is 1.00. The number of hydrogen-bond donors (Lipinski definition) is 1. The summed E-state index contributed by atoms with van der Waals surface area (Å²) >= 11 is 0. The molecule has 2 aliphatic rings. The van der Waals surface area contributed by atoms with Crippen LogP contribution >= 0.6 is 0 Å². The predicted molar refractivity (Wildman–Crippen MR) is 91.7 cm³/mol. The second-order valence-corrected chi connectivity index (χ2v) is 8.66. The molecule has 0 radical (unpaired) electrons. The fourth-order valence-electron chi connectivity index (χ4n) is 4.56. The van der Waals surface area contributed by atoms with Crippen LogP contribution in [-0.4, -0.2) is 55.1 Å². The summed E-state index contributed by atoms with van der Waals surface area (Å²) in [5.74, 6) is 2.12. The van der Waals surface area contributed by atoms with Gasteiger partial charge in [-0.05, 0) is 49.9 Å². The van der Waals surface area contributed by atoms with Crippen molar-refractivity contribution in [3.05, 3.63) is 0 Å². The summed E-state index contributed by atoms with van der Waals surface area (Å²) in [5, 5.41) is 10.4. The number of rotatable bonds is 6. The zero-order valence-corrected chi connectivity index (χ0v) is 15.3. The molecule has 0 aromatic carbocycles. The Labute approximate surface area is 137 Å². The quantitative estimate of drug-likeness (QED) is 0.761. The van der Waals surface area contributed by atoms with Crippen molar-refractivity contribution in [1.29, 1.82) is 0 Å². The normalized spacial score (nSPS) is 33.8. The van der Waals surface area contributed by atoms with Crippen molar-refractivity contribution in [2.24, 2.45) is 17.8 Å². The van der Waals surface area contributed by atoms with E-state index in [1.54, 1.807) is 0 Å².